The zero-order chi connectivity index (χ0) is 17.1. The molecule has 0 radical (unpaired) electrons. The van der Waals surface area contributed by atoms with E-state index in [0.29, 0.717) is 6.04 Å². The van der Waals surface area contributed by atoms with Crippen molar-refractivity contribution in [1.29, 1.82) is 0 Å². The first kappa shape index (κ1) is 20.9. The molecule has 0 amide bonds. The minimum Gasteiger partial charge on any atom is -0.182 e. The lowest BCUT2D eigenvalue weighted by Crippen LogP contribution is -2.09. The van der Waals surface area contributed by atoms with Gasteiger partial charge in [0, 0.05) is 16.8 Å². The molecule has 1 rings (SSSR count). The molecule has 3 nitrogen and oxygen atoms in total. The summed E-state index contributed by atoms with van der Waals surface area (Å²) in [7, 11) is 0. The molecule has 2 unspecified atom stereocenters. The standard InChI is InChI=1S/C18H35N3S2/c1-6-9-12-16(11-8-3)23-14-18-17(13-22-5)19-21(20-18)15(4)10-7-2/h15-16H,6-14H2,1-5H3. The molecule has 0 aliphatic carbocycles. The van der Waals surface area contributed by atoms with Crippen LogP contribution in [0.3, 0.4) is 0 Å². The summed E-state index contributed by atoms with van der Waals surface area (Å²) in [5, 5.41) is 10.4. The van der Waals surface area contributed by atoms with Crippen molar-refractivity contribution in [3.8, 4) is 0 Å². The molecule has 1 aromatic rings. The Kier molecular flexibility index (Phi) is 11.1. The third kappa shape index (κ3) is 7.51. The Hall–Kier alpha value is -0.160. The highest BCUT2D eigenvalue weighted by Crippen LogP contribution is 2.27. The molecule has 5 heteroatoms. The van der Waals surface area contributed by atoms with E-state index in [1.807, 2.05) is 16.6 Å². The van der Waals surface area contributed by atoms with Gasteiger partial charge in [-0.25, -0.2) is 0 Å². The van der Waals surface area contributed by atoms with Gasteiger partial charge in [-0.2, -0.15) is 38.5 Å². The maximum atomic E-state index is 4.83. The van der Waals surface area contributed by atoms with Gasteiger partial charge in [-0.05, 0) is 32.4 Å². The second kappa shape index (κ2) is 12.2. The first-order chi connectivity index (χ1) is 11.2. The molecule has 0 spiro atoms. The summed E-state index contributed by atoms with van der Waals surface area (Å²) in [6, 6.07) is 0.408. The SMILES string of the molecule is CCCCC(CCC)SCc1nn(C(C)CCC)nc1CSC. The number of rotatable bonds is 13. The van der Waals surface area contributed by atoms with Gasteiger partial charge in [0.15, 0.2) is 0 Å². The van der Waals surface area contributed by atoms with E-state index in [-0.39, 0.29) is 0 Å². The molecule has 1 aromatic heterocycles. The van der Waals surface area contributed by atoms with Crippen molar-refractivity contribution in [3.05, 3.63) is 11.4 Å². The lowest BCUT2D eigenvalue weighted by Gasteiger charge is -2.14. The fraction of sp³-hybridized carbons (Fsp3) is 0.889. The van der Waals surface area contributed by atoms with Crippen molar-refractivity contribution in [3.63, 3.8) is 0 Å². The van der Waals surface area contributed by atoms with Crippen LogP contribution in [-0.4, -0.2) is 26.5 Å². The van der Waals surface area contributed by atoms with Gasteiger partial charge in [0.1, 0.15) is 0 Å². The Morgan fingerprint density at radius 2 is 1.57 bits per heavy atom. The first-order valence-corrected chi connectivity index (χ1v) is 11.6. The van der Waals surface area contributed by atoms with Crippen LogP contribution in [0.25, 0.3) is 0 Å². The topological polar surface area (TPSA) is 30.7 Å². The van der Waals surface area contributed by atoms with Crippen LogP contribution >= 0.6 is 23.5 Å². The smallest absolute Gasteiger partial charge is 0.0966 e. The molecular formula is C18H35N3S2. The maximum absolute atomic E-state index is 4.83. The summed E-state index contributed by atoms with van der Waals surface area (Å²) in [5.74, 6) is 1.99. The van der Waals surface area contributed by atoms with E-state index >= 15 is 0 Å². The lowest BCUT2D eigenvalue weighted by atomic mass is 10.1. The van der Waals surface area contributed by atoms with Crippen LogP contribution in [0.4, 0.5) is 0 Å². The zero-order valence-electron chi connectivity index (χ0n) is 15.7. The van der Waals surface area contributed by atoms with E-state index in [9.17, 15) is 0 Å². The van der Waals surface area contributed by atoms with Gasteiger partial charge in [0.05, 0.1) is 17.4 Å². The Bertz CT molecular complexity index is 420. The molecule has 0 saturated heterocycles. The van der Waals surface area contributed by atoms with Crippen molar-refractivity contribution < 1.29 is 0 Å². The number of hydrogen-bond acceptors (Lipinski definition) is 4. The van der Waals surface area contributed by atoms with Gasteiger partial charge in [-0.1, -0.05) is 46.5 Å². The molecule has 0 aromatic carbocycles. The third-order valence-corrected chi connectivity index (χ3v) is 6.05. The average Bonchev–Trinajstić information content (AvgIpc) is 2.94. The predicted octanol–water partition coefficient (Wildman–Crippen LogP) is 6.09. The van der Waals surface area contributed by atoms with Crippen molar-refractivity contribution in [2.24, 2.45) is 0 Å². The van der Waals surface area contributed by atoms with Crippen LogP contribution in [0.15, 0.2) is 0 Å². The molecular weight excluding hydrogens is 322 g/mol. The van der Waals surface area contributed by atoms with Gasteiger partial charge < -0.3 is 0 Å². The van der Waals surface area contributed by atoms with E-state index in [2.05, 4.69) is 45.7 Å². The minimum atomic E-state index is 0.408. The van der Waals surface area contributed by atoms with Gasteiger partial charge >= 0.3 is 0 Å². The monoisotopic (exact) mass is 357 g/mol. The molecule has 0 bridgehead atoms. The van der Waals surface area contributed by atoms with Gasteiger partial charge in [-0.15, -0.1) is 0 Å². The lowest BCUT2D eigenvalue weighted by molar-refractivity contribution is 0.403. The molecule has 0 aliphatic heterocycles. The number of hydrogen-bond donors (Lipinski definition) is 0. The van der Waals surface area contributed by atoms with E-state index in [1.54, 1.807) is 0 Å². The van der Waals surface area contributed by atoms with E-state index in [0.717, 1.165) is 23.2 Å². The number of nitrogens with zero attached hydrogens (tertiary/aromatic N) is 3. The summed E-state index contributed by atoms with van der Waals surface area (Å²) < 4.78 is 0. The Morgan fingerprint density at radius 1 is 0.913 bits per heavy atom. The van der Waals surface area contributed by atoms with Crippen molar-refractivity contribution >= 4 is 23.5 Å². The van der Waals surface area contributed by atoms with Crippen molar-refractivity contribution in [2.45, 2.75) is 95.4 Å². The molecule has 0 saturated carbocycles. The fourth-order valence-electron chi connectivity index (χ4n) is 2.74. The zero-order valence-corrected chi connectivity index (χ0v) is 17.3. The first-order valence-electron chi connectivity index (χ1n) is 9.21. The number of thioether (sulfide) groups is 2. The van der Waals surface area contributed by atoms with Gasteiger partial charge in [0.2, 0.25) is 0 Å². The highest BCUT2D eigenvalue weighted by atomic mass is 32.2. The molecule has 134 valence electrons. The third-order valence-electron chi connectivity index (χ3n) is 4.11. The number of unbranched alkanes of at least 4 members (excludes halogenated alkanes) is 1. The van der Waals surface area contributed by atoms with Crippen LogP contribution < -0.4 is 0 Å². The quantitative estimate of drug-likeness (QED) is 0.427. The second-order valence-corrected chi connectivity index (χ2v) is 8.50. The minimum absolute atomic E-state index is 0.408. The van der Waals surface area contributed by atoms with E-state index in [1.165, 1.54) is 49.9 Å². The summed E-state index contributed by atoms with van der Waals surface area (Å²) in [6.07, 6.45) is 11.1. The maximum Gasteiger partial charge on any atom is 0.0966 e. The van der Waals surface area contributed by atoms with Crippen LogP contribution in [0, 0.1) is 0 Å². The molecule has 1 heterocycles. The average molecular weight is 358 g/mol. The van der Waals surface area contributed by atoms with Crippen LogP contribution in [0.5, 0.6) is 0 Å². The highest BCUT2D eigenvalue weighted by molar-refractivity contribution is 7.99. The van der Waals surface area contributed by atoms with E-state index in [4.69, 9.17) is 10.2 Å². The van der Waals surface area contributed by atoms with Crippen LogP contribution in [-0.2, 0) is 11.5 Å². The van der Waals surface area contributed by atoms with Crippen molar-refractivity contribution in [2.75, 3.05) is 6.26 Å². The second-order valence-electron chi connectivity index (χ2n) is 6.35. The Labute approximate surface area is 151 Å². The number of aromatic nitrogens is 3. The molecule has 0 aliphatic rings. The Balaban J connectivity index is 2.71. The van der Waals surface area contributed by atoms with Gasteiger partial charge in [0.25, 0.3) is 0 Å². The largest absolute Gasteiger partial charge is 0.182 e. The molecule has 0 fully saturated rings. The highest BCUT2D eigenvalue weighted by Gasteiger charge is 2.16. The van der Waals surface area contributed by atoms with Crippen LogP contribution in [0.2, 0.25) is 0 Å². The Morgan fingerprint density at radius 3 is 2.13 bits per heavy atom. The predicted molar refractivity (Wildman–Crippen MR) is 106 cm³/mol. The van der Waals surface area contributed by atoms with E-state index < -0.39 is 0 Å². The van der Waals surface area contributed by atoms with Crippen molar-refractivity contribution in [1.82, 2.24) is 15.0 Å². The van der Waals surface area contributed by atoms with Crippen LogP contribution in [0.1, 0.15) is 90.1 Å². The molecule has 23 heavy (non-hydrogen) atoms. The normalized spacial score (nSPS) is 14.1. The summed E-state index contributed by atoms with van der Waals surface area (Å²) in [6.45, 7) is 9.03. The van der Waals surface area contributed by atoms with Gasteiger partial charge in [-0.3, -0.25) is 0 Å². The molecule has 0 N–H and O–H groups in total. The summed E-state index contributed by atoms with van der Waals surface area (Å²) >= 11 is 3.93. The fourth-order valence-corrected chi connectivity index (χ4v) is 4.59. The molecule has 2 atom stereocenters. The summed E-state index contributed by atoms with van der Waals surface area (Å²) in [4.78, 5) is 1.96. The summed E-state index contributed by atoms with van der Waals surface area (Å²) in [5.41, 5.74) is 2.41.